The number of sulfonamides is 1. The molecule has 154 valence electrons. The first-order chi connectivity index (χ1) is 12.1. The molecule has 2 aliphatic rings. The number of rotatable bonds is 3. The van der Waals surface area contributed by atoms with Crippen molar-refractivity contribution in [3.63, 3.8) is 0 Å². The van der Waals surface area contributed by atoms with Gasteiger partial charge in [0, 0.05) is 32.2 Å². The lowest BCUT2D eigenvalue weighted by Crippen LogP contribution is -2.53. The predicted molar refractivity (Wildman–Crippen MR) is 111 cm³/mol. The molecule has 0 aliphatic carbocycles. The predicted octanol–water partition coefficient (Wildman–Crippen LogP) is 2.79. The molecule has 3 heterocycles. The van der Waals surface area contributed by atoms with Crippen LogP contribution in [0.1, 0.15) is 49.7 Å². The zero-order valence-electron chi connectivity index (χ0n) is 16.2. The molecule has 1 amide bonds. The Labute approximate surface area is 172 Å². The maximum Gasteiger partial charge on any atom is 0.263 e. The van der Waals surface area contributed by atoms with Crippen LogP contribution in [-0.4, -0.2) is 55.8 Å². The fourth-order valence-electron chi connectivity index (χ4n) is 3.63. The molecule has 0 radical (unpaired) electrons. The fourth-order valence-corrected chi connectivity index (χ4v) is 6.53. The average Bonchev–Trinajstić information content (AvgIpc) is 3.08. The smallest absolute Gasteiger partial charge is 0.263 e. The quantitative estimate of drug-likeness (QED) is 0.791. The van der Waals surface area contributed by atoms with Gasteiger partial charge in [0.25, 0.3) is 15.9 Å². The van der Waals surface area contributed by atoms with Gasteiger partial charge < -0.3 is 10.6 Å². The van der Waals surface area contributed by atoms with Crippen LogP contribution in [0.15, 0.2) is 16.3 Å². The van der Waals surface area contributed by atoms with E-state index < -0.39 is 10.0 Å². The Morgan fingerprint density at radius 2 is 1.81 bits per heavy atom. The van der Waals surface area contributed by atoms with Crippen molar-refractivity contribution in [1.82, 2.24) is 9.21 Å². The second kappa shape index (κ2) is 8.37. The van der Waals surface area contributed by atoms with E-state index in [9.17, 15) is 13.2 Å². The first kappa shape index (κ1) is 22.6. The number of nitrogens with two attached hydrogens (primary N) is 1. The molecular weight excluding hydrogens is 406 g/mol. The molecule has 1 aromatic heterocycles. The van der Waals surface area contributed by atoms with Crippen molar-refractivity contribution < 1.29 is 13.2 Å². The molecule has 0 bridgehead atoms. The lowest BCUT2D eigenvalue weighted by molar-refractivity contribution is 0.0537. The molecule has 1 unspecified atom stereocenters. The van der Waals surface area contributed by atoms with Crippen LogP contribution in [0.25, 0.3) is 0 Å². The summed E-state index contributed by atoms with van der Waals surface area (Å²) in [5.74, 6) is 0.472. The first-order valence-electron chi connectivity index (χ1n) is 9.26. The SMILES string of the molecule is CC1CCN(S(=O)(=O)c2ccc(C(=O)N3CCC(N)C(C)(C)C3)s2)CC1.Cl. The average molecular weight is 436 g/mol. The molecular formula is C18H30ClN3O3S2. The highest BCUT2D eigenvalue weighted by Crippen LogP contribution is 2.32. The number of carbonyl (C=O) groups excluding carboxylic acids is 1. The molecule has 3 rings (SSSR count). The van der Waals surface area contributed by atoms with Crippen molar-refractivity contribution in [1.29, 1.82) is 0 Å². The van der Waals surface area contributed by atoms with Gasteiger partial charge in [-0.15, -0.1) is 23.7 Å². The Balaban J connectivity index is 0.00000261. The van der Waals surface area contributed by atoms with Crippen LogP contribution in [0.5, 0.6) is 0 Å². The second-order valence-corrected chi connectivity index (χ2v) is 11.6. The summed E-state index contributed by atoms with van der Waals surface area (Å²) in [5, 5.41) is 0. The van der Waals surface area contributed by atoms with Gasteiger partial charge in [-0.2, -0.15) is 4.31 Å². The van der Waals surface area contributed by atoms with Crippen molar-refractivity contribution in [3.05, 3.63) is 17.0 Å². The van der Waals surface area contributed by atoms with Crippen LogP contribution >= 0.6 is 23.7 Å². The minimum atomic E-state index is -3.50. The van der Waals surface area contributed by atoms with E-state index in [1.165, 1.54) is 0 Å². The summed E-state index contributed by atoms with van der Waals surface area (Å²) in [7, 11) is -3.50. The number of piperidine rings is 2. The van der Waals surface area contributed by atoms with Gasteiger partial charge in [-0.3, -0.25) is 4.79 Å². The van der Waals surface area contributed by atoms with Crippen molar-refractivity contribution >= 4 is 39.7 Å². The third kappa shape index (κ3) is 4.67. The third-order valence-electron chi connectivity index (χ3n) is 5.73. The van der Waals surface area contributed by atoms with Gasteiger partial charge in [0.05, 0.1) is 4.88 Å². The van der Waals surface area contributed by atoms with Crippen LogP contribution in [0.4, 0.5) is 0 Å². The molecule has 0 spiro atoms. The standard InChI is InChI=1S/C18H29N3O3S2.ClH/c1-13-6-10-21(11-7-13)26(23,24)16-5-4-14(25-16)17(22)20-9-8-15(19)18(2,3)12-20;/h4-5,13,15H,6-12,19H2,1-3H3;1H. The summed E-state index contributed by atoms with van der Waals surface area (Å²) in [6, 6.07) is 3.30. The maximum atomic E-state index is 12.8. The monoisotopic (exact) mass is 435 g/mol. The van der Waals surface area contributed by atoms with E-state index >= 15 is 0 Å². The van der Waals surface area contributed by atoms with Crippen LogP contribution in [0.3, 0.4) is 0 Å². The van der Waals surface area contributed by atoms with Gasteiger partial charge in [-0.05, 0) is 42.7 Å². The lowest BCUT2D eigenvalue weighted by Gasteiger charge is -2.42. The van der Waals surface area contributed by atoms with E-state index in [2.05, 4.69) is 20.8 Å². The molecule has 2 N–H and O–H groups in total. The van der Waals surface area contributed by atoms with Gasteiger partial charge in [-0.1, -0.05) is 20.8 Å². The minimum Gasteiger partial charge on any atom is -0.337 e. The normalized spacial score (nSPS) is 24.4. The van der Waals surface area contributed by atoms with Crippen molar-refractivity contribution in [2.24, 2.45) is 17.1 Å². The Bertz CT molecular complexity index is 771. The van der Waals surface area contributed by atoms with Gasteiger partial charge in [0.15, 0.2) is 0 Å². The first-order valence-corrected chi connectivity index (χ1v) is 11.5. The van der Waals surface area contributed by atoms with E-state index in [0.29, 0.717) is 37.0 Å². The summed E-state index contributed by atoms with van der Waals surface area (Å²) in [5.41, 5.74) is 6.01. The summed E-state index contributed by atoms with van der Waals surface area (Å²) >= 11 is 1.08. The maximum absolute atomic E-state index is 12.8. The summed E-state index contributed by atoms with van der Waals surface area (Å²) in [6.45, 7) is 8.62. The highest BCUT2D eigenvalue weighted by atomic mass is 35.5. The van der Waals surface area contributed by atoms with Crippen LogP contribution in [-0.2, 0) is 10.0 Å². The number of thiophene rings is 1. The van der Waals surface area contributed by atoms with E-state index in [0.717, 1.165) is 30.6 Å². The van der Waals surface area contributed by atoms with Crippen LogP contribution < -0.4 is 5.73 Å². The Hall–Kier alpha value is -0.670. The molecule has 27 heavy (non-hydrogen) atoms. The largest absolute Gasteiger partial charge is 0.337 e. The van der Waals surface area contributed by atoms with Crippen molar-refractivity contribution in [3.8, 4) is 0 Å². The number of likely N-dealkylation sites (tertiary alicyclic amines) is 1. The summed E-state index contributed by atoms with van der Waals surface area (Å²) < 4.78 is 27.5. The van der Waals surface area contributed by atoms with E-state index in [1.54, 1.807) is 21.3 Å². The number of hydrogen-bond acceptors (Lipinski definition) is 5. The van der Waals surface area contributed by atoms with E-state index in [1.807, 2.05) is 0 Å². The van der Waals surface area contributed by atoms with Crippen molar-refractivity contribution in [2.45, 2.75) is 50.3 Å². The topological polar surface area (TPSA) is 83.7 Å². The molecule has 1 aromatic rings. The summed E-state index contributed by atoms with van der Waals surface area (Å²) in [6.07, 6.45) is 2.54. The van der Waals surface area contributed by atoms with Crippen LogP contribution in [0.2, 0.25) is 0 Å². The third-order valence-corrected chi connectivity index (χ3v) is 9.17. The minimum absolute atomic E-state index is 0. The van der Waals surface area contributed by atoms with Gasteiger partial charge in [0.1, 0.15) is 4.21 Å². The molecule has 9 heteroatoms. The number of nitrogens with zero attached hydrogens (tertiary/aromatic N) is 2. The van der Waals surface area contributed by atoms with Gasteiger partial charge in [-0.25, -0.2) is 8.42 Å². The number of hydrogen-bond donors (Lipinski definition) is 1. The van der Waals surface area contributed by atoms with E-state index in [4.69, 9.17) is 5.73 Å². The number of amides is 1. The van der Waals surface area contributed by atoms with E-state index in [-0.39, 0.29) is 34.0 Å². The lowest BCUT2D eigenvalue weighted by atomic mass is 9.79. The van der Waals surface area contributed by atoms with Gasteiger partial charge >= 0.3 is 0 Å². The molecule has 2 fully saturated rings. The highest BCUT2D eigenvalue weighted by molar-refractivity contribution is 7.91. The molecule has 6 nitrogen and oxygen atoms in total. The molecule has 1 atom stereocenters. The second-order valence-electron chi connectivity index (χ2n) is 8.32. The van der Waals surface area contributed by atoms with Crippen LogP contribution in [0, 0.1) is 11.3 Å². The zero-order valence-corrected chi connectivity index (χ0v) is 18.6. The number of carbonyl (C=O) groups is 1. The highest BCUT2D eigenvalue weighted by Gasteiger charge is 2.36. The summed E-state index contributed by atoms with van der Waals surface area (Å²) in [4.78, 5) is 15.1. The van der Waals surface area contributed by atoms with Crippen molar-refractivity contribution in [2.75, 3.05) is 26.2 Å². The fraction of sp³-hybridized carbons (Fsp3) is 0.722. The molecule has 0 saturated carbocycles. The zero-order chi connectivity index (χ0) is 19.1. The Kier molecular flexibility index (Phi) is 7.01. The Morgan fingerprint density at radius 3 is 2.41 bits per heavy atom. The molecule has 2 saturated heterocycles. The number of halogens is 1. The van der Waals surface area contributed by atoms with Gasteiger partial charge in [0.2, 0.25) is 0 Å². The Morgan fingerprint density at radius 1 is 1.19 bits per heavy atom. The molecule has 2 aliphatic heterocycles. The molecule has 0 aromatic carbocycles.